The van der Waals surface area contributed by atoms with Gasteiger partial charge in [0.2, 0.25) is 0 Å². The minimum absolute atomic E-state index is 0.156. The zero-order chi connectivity index (χ0) is 14.8. The summed E-state index contributed by atoms with van der Waals surface area (Å²) in [6, 6.07) is 7.75. The van der Waals surface area contributed by atoms with E-state index in [1.54, 1.807) is 6.20 Å². The van der Waals surface area contributed by atoms with E-state index < -0.39 is 5.97 Å². The van der Waals surface area contributed by atoms with Gasteiger partial charge < -0.3 is 10.4 Å². The second kappa shape index (κ2) is 5.90. The van der Waals surface area contributed by atoms with Crippen LogP contribution in [0.4, 0.5) is 5.69 Å². The molecule has 0 spiro atoms. The molecule has 1 fully saturated rings. The summed E-state index contributed by atoms with van der Waals surface area (Å²) < 4.78 is 0. The summed E-state index contributed by atoms with van der Waals surface area (Å²) in [4.78, 5) is 15.6. The second-order valence-corrected chi connectivity index (χ2v) is 6.01. The smallest absolute Gasteiger partial charge is 0.306 e. The number of halogens is 1. The van der Waals surface area contributed by atoms with E-state index in [1.165, 1.54) is 0 Å². The van der Waals surface area contributed by atoms with Crippen molar-refractivity contribution in [2.24, 2.45) is 5.92 Å². The van der Waals surface area contributed by atoms with E-state index in [4.69, 9.17) is 11.6 Å². The SMILES string of the molecule is O=C(O)C1CCCC(Nc2cc(Cl)cc3cccnc23)C1. The summed E-state index contributed by atoms with van der Waals surface area (Å²) >= 11 is 6.16. The summed E-state index contributed by atoms with van der Waals surface area (Å²) in [5, 5.41) is 14.3. The summed E-state index contributed by atoms with van der Waals surface area (Å²) in [5.41, 5.74) is 1.76. The van der Waals surface area contributed by atoms with Crippen molar-refractivity contribution < 1.29 is 9.90 Å². The van der Waals surface area contributed by atoms with Gasteiger partial charge in [0.25, 0.3) is 0 Å². The van der Waals surface area contributed by atoms with E-state index in [9.17, 15) is 9.90 Å². The van der Waals surface area contributed by atoms with Gasteiger partial charge in [-0.1, -0.05) is 24.1 Å². The molecule has 3 rings (SSSR count). The number of carboxylic acids is 1. The highest BCUT2D eigenvalue weighted by atomic mass is 35.5. The van der Waals surface area contributed by atoms with Crippen molar-refractivity contribution in [3.8, 4) is 0 Å². The minimum Gasteiger partial charge on any atom is -0.481 e. The van der Waals surface area contributed by atoms with Gasteiger partial charge in [-0.05, 0) is 37.5 Å². The Morgan fingerprint density at radius 3 is 3.05 bits per heavy atom. The Morgan fingerprint density at radius 1 is 1.38 bits per heavy atom. The molecule has 0 bridgehead atoms. The standard InChI is InChI=1S/C16H17ClN2O2/c17-12-7-10-4-2-6-18-15(10)14(9-12)19-13-5-1-3-11(8-13)16(20)21/h2,4,6-7,9,11,13,19H,1,3,5,8H2,(H,20,21). The first-order chi connectivity index (χ1) is 10.1. The molecule has 2 N–H and O–H groups in total. The lowest BCUT2D eigenvalue weighted by molar-refractivity contribution is -0.142. The van der Waals surface area contributed by atoms with Gasteiger partial charge in [0.1, 0.15) is 0 Å². The molecule has 5 heteroatoms. The highest BCUT2D eigenvalue weighted by Crippen LogP contribution is 2.31. The Bertz CT molecular complexity index is 674. The third-order valence-electron chi connectivity index (χ3n) is 4.05. The van der Waals surface area contributed by atoms with E-state index >= 15 is 0 Å². The Kier molecular flexibility index (Phi) is 3.97. The Hall–Kier alpha value is -1.81. The molecule has 1 saturated carbocycles. The summed E-state index contributed by atoms with van der Waals surface area (Å²) in [6.45, 7) is 0. The van der Waals surface area contributed by atoms with Crippen molar-refractivity contribution in [2.45, 2.75) is 31.7 Å². The maximum Gasteiger partial charge on any atom is 0.306 e. The lowest BCUT2D eigenvalue weighted by Gasteiger charge is -2.28. The normalized spacial score (nSPS) is 22.1. The average molecular weight is 305 g/mol. The van der Waals surface area contributed by atoms with Crippen molar-refractivity contribution in [3.63, 3.8) is 0 Å². The topological polar surface area (TPSA) is 62.2 Å². The number of nitrogens with one attached hydrogen (secondary N) is 1. The largest absolute Gasteiger partial charge is 0.481 e. The predicted molar refractivity (Wildman–Crippen MR) is 83.8 cm³/mol. The molecule has 2 atom stereocenters. The zero-order valence-electron chi connectivity index (χ0n) is 11.6. The van der Waals surface area contributed by atoms with Crippen LogP contribution in [0.2, 0.25) is 5.02 Å². The highest BCUT2D eigenvalue weighted by Gasteiger charge is 2.27. The maximum absolute atomic E-state index is 11.2. The first-order valence-electron chi connectivity index (χ1n) is 7.17. The fourth-order valence-corrected chi connectivity index (χ4v) is 3.26. The number of anilines is 1. The van der Waals surface area contributed by atoms with E-state index in [2.05, 4.69) is 10.3 Å². The lowest BCUT2D eigenvalue weighted by atomic mass is 9.85. The van der Waals surface area contributed by atoms with Crippen LogP contribution >= 0.6 is 11.6 Å². The summed E-state index contributed by atoms with van der Waals surface area (Å²) in [5.74, 6) is -0.953. The lowest BCUT2D eigenvalue weighted by Crippen LogP contribution is -2.31. The number of hydrogen-bond acceptors (Lipinski definition) is 3. The molecule has 1 aliphatic carbocycles. The molecule has 1 aromatic heterocycles. The first-order valence-corrected chi connectivity index (χ1v) is 7.55. The molecule has 0 aliphatic heterocycles. The number of aromatic nitrogens is 1. The van der Waals surface area contributed by atoms with E-state index in [1.807, 2.05) is 24.3 Å². The van der Waals surface area contributed by atoms with Gasteiger partial charge in [0.15, 0.2) is 0 Å². The minimum atomic E-state index is -0.699. The van der Waals surface area contributed by atoms with Crippen LogP contribution in [0.15, 0.2) is 30.5 Å². The summed E-state index contributed by atoms with van der Waals surface area (Å²) in [7, 11) is 0. The molecular weight excluding hydrogens is 288 g/mol. The van der Waals surface area contributed by atoms with Gasteiger partial charge in [-0.15, -0.1) is 0 Å². The fraction of sp³-hybridized carbons (Fsp3) is 0.375. The van der Waals surface area contributed by atoms with E-state index in [0.717, 1.165) is 35.9 Å². The van der Waals surface area contributed by atoms with Gasteiger partial charge in [0.05, 0.1) is 17.1 Å². The van der Waals surface area contributed by atoms with Crippen LogP contribution in [-0.4, -0.2) is 22.1 Å². The van der Waals surface area contributed by atoms with Crippen LogP contribution in [0.5, 0.6) is 0 Å². The predicted octanol–water partition coefficient (Wildman–Crippen LogP) is 3.94. The molecule has 0 radical (unpaired) electrons. The van der Waals surface area contributed by atoms with E-state index in [0.29, 0.717) is 11.4 Å². The molecule has 1 aromatic carbocycles. The van der Waals surface area contributed by atoms with Crippen molar-refractivity contribution >= 4 is 34.2 Å². The zero-order valence-corrected chi connectivity index (χ0v) is 12.3. The maximum atomic E-state index is 11.2. The van der Waals surface area contributed by atoms with E-state index in [-0.39, 0.29) is 12.0 Å². The number of fused-ring (bicyclic) bond motifs is 1. The number of nitrogens with zero attached hydrogens (tertiary/aromatic N) is 1. The third-order valence-corrected chi connectivity index (χ3v) is 4.27. The molecule has 110 valence electrons. The van der Waals surface area contributed by atoms with Gasteiger partial charge in [0, 0.05) is 22.6 Å². The number of benzene rings is 1. The number of hydrogen-bond donors (Lipinski definition) is 2. The number of carbonyl (C=O) groups is 1. The van der Waals surface area contributed by atoms with Crippen LogP contribution in [0.3, 0.4) is 0 Å². The van der Waals surface area contributed by atoms with Crippen LogP contribution in [0.1, 0.15) is 25.7 Å². The van der Waals surface area contributed by atoms with Crippen LogP contribution < -0.4 is 5.32 Å². The molecule has 0 saturated heterocycles. The quantitative estimate of drug-likeness (QED) is 0.901. The molecule has 4 nitrogen and oxygen atoms in total. The second-order valence-electron chi connectivity index (χ2n) is 5.57. The molecular formula is C16H17ClN2O2. The Balaban J connectivity index is 1.86. The fourth-order valence-electron chi connectivity index (χ4n) is 3.03. The Morgan fingerprint density at radius 2 is 2.24 bits per heavy atom. The monoisotopic (exact) mass is 304 g/mol. The summed E-state index contributed by atoms with van der Waals surface area (Å²) in [6.07, 6.45) is 5.08. The molecule has 2 aromatic rings. The first kappa shape index (κ1) is 14.1. The molecule has 0 amide bonds. The molecule has 21 heavy (non-hydrogen) atoms. The van der Waals surface area contributed by atoms with Crippen molar-refractivity contribution in [1.29, 1.82) is 0 Å². The van der Waals surface area contributed by atoms with Crippen molar-refractivity contribution in [1.82, 2.24) is 4.98 Å². The highest BCUT2D eigenvalue weighted by molar-refractivity contribution is 6.31. The van der Waals surface area contributed by atoms with Crippen molar-refractivity contribution in [2.75, 3.05) is 5.32 Å². The van der Waals surface area contributed by atoms with Gasteiger partial charge in [-0.2, -0.15) is 0 Å². The number of rotatable bonds is 3. The average Bonchev–Trinajstić information content (AvgIpc) is 2.47. The Labute approximate surface area is 128 Å². The van der Waals surface area contributed by atoms with Crippen molar-refractivity contribution in [3.05, 3.63) is 35.5 Å². The van der Waals surface area contributed by atoms with Crippen LogP contribution in [0, 0.1) is 5.92 Å². The third kappa shape index (κ3) is 3.10. The van der Waals surface area contributed by atoms with Gasteiger partial charge >= 0.3 is 5.97 Å². The van der Waals surface area contributed by atoms with Crippen LogP contribution in [-0.2, 0) is 4.79 Å². The molecule has 1 heterocycles. The van der Waals surface area contributed by atoms with Crippen LogP contribution in [0.25, 0.3) is 10.9 Å². The molecule has 2 unspecified atom stereocenters. The number of carboxylic acid groups (broad SMARTS) is 1. The number of pyridine rings is 1. The van der Waals surface area contributed by atoms with Gasteiger partial charge in [-0.3, -0.25) is 9.78 Å². The molecule has 1 aliphatic rings. The van der Waals surface area contributed by atoms with Gasteiger partial charge in [-0.25, -0.2) is 0 Å². The number of aliphatic carboxylic acids is 1.